The quantitative estimate of drug-likeness (QED) is 0.869. The van der Waals surface area contributed by atoms with Gasteiger partial charge in [0.1, 0.15) is 5.82 Å². The predicted octanol–water partition coefficient (Wildman–Crippen LogP) is 4.19. The van der Waals surface area contributed by atoms with Gasteiger partial charge in [-0.25, -0.2) is 4.39 Å². The first-order chi connectivity index (χ1) is 7.27. The van der Waals surface area contributed by atoms with Crippen LogP contribution in [-0.4, -0.2) is 6.54 Å². The number of para-hydroxylation sites is 1. The highest BCUT2D eigenvalue weighted by atomic mass is 79.9. The lowest BCUT2D eigenvalue weighted by Crippen LogP contribution is -2.12. The maximum atomic E-state index is 13.4. The van der Waals surface area contributed by atoms with Crippen LogP contribution in [0.5, 0.6) is 0 Å². The van der Waals surface area contributed by atoms with Crippen molar-refractivity contribution in [3.63, 3.8) is 0 Å². The lowest BCUT2D eigenvalue weighted by Gasteiger charge is -2.13. The van der Waals surface area contributed by atoms with Crippen molar-refractivity contribution < 1.29 is 4.39 Å². The average molecular weight is 272 g/mol. The van der Waals surface area contributed by atoms with Gasteiger partial charge in [-0.15, -0.1) is 0 Å². The highest BCUT2D eigenvalue weighted by Crippen LogP contribution is 2.28. The molecule has 1 aromatic rings. The number of benzene rings is 1. The first kappa shape index (κ1) is 10.9. The molecule has 82 valence electrons. The van der Waals surface area contributed by atoms with Crippen LogP contribution >= 0.6 is 15.9 Å². The fourth-order valence-electron chi connectivity index (χ4n) is 2.13. The van der Waals surface area contributed by atoms with Crippen molar-refractivity contribution in [3.05, 3.63) is 28.5 Å². The van der Waals surface area contributed by atoms with Gasteiger partial charge in [0.2, 0.25) is 0 Å². The van der Waals surface area contributed by atoms with E-state index in [1.54, 1.807) is 6.07 Å². The highest BCUT2D eigenvalue weighted by molar-refractivity contribution is 9.10. The van der Waals surface area contributed by atoms with Crippen molar-refractivity contribution in [1.29, 1.82) is 0 Å². The van der Waals surface area contributed by atoms with E-state index >= 15 is 0 Å². The minimum absolute atomic E-state index is 0.178. The van der Waals surface area contributed by atoms with Gasteiger partial charge >= 0.3 is 0 Å². The summed E-state index contributed by atoms with van der Waals surface area (Å²) in [5.74, 6) is 0.541. The van der Waals surface area contributed by atoms with Crippen LogP contribution in [0.1, 0.15) is 25.7 Å². The molecule has 0 amide bonds. The summed E-state index contributed by atoms with van der Waals surface area (Å²) in [6.07, 6.45) is 5.20. The van der Waals surface area contributed by atoms with E-state index in [1.807, 2.05) is 6.07 Å². The zero-order chi connectivity index (χ0) is 10.7. The summed E-state index contributed by atoms with van der Waals surface area (Å²) >= 11 is 3.35. The van der Waals surface area contributed by atoms with Gasteiger partial charge in [-0.3, -0.25) is 0 Å². The van der Waals surface area contributed by atoms with Crippen LogP contribution in [0, 0.1) is 11.7 Å². The topological polar surface area (TPSA) is 12.0 Å². The van der Waals surface area contributed by atoms with Crippen LogP contribution in [0.4, 0.5) is 10.1 Å². The SMILES string of the molecule is Fc1cccc(Br)c1NCC1CCCC1. The van der Waals surface area contributed by atoms with E-state index < -0.39 is 0 Å². The van der Waals surface area contributed by atoms with Gasteiger partial charge in [0.15, 0.2) is 0 Å². The smallest absolute Gasteiger partial charge is 0.147 e. The maximum Gasteiger partial charge on any atom is 0.147 e. The highest BCUT2D eigenvalue weighted by Gasteiger charge is 2.15. The summed E-state index contributed by atoms with van der Waals surface area (Å²) in [7, 11) is 0. The van der Waals surface area contributed by atoms with Crippen molar-refractivity contribution in [1.82, 2.24) is 0 Å². The molecule has 0 heterocycles. The van der Waals surface area contributed by atoms with Gasteiger partial charge in [0.05, 0.1) is 5.69 Å². The summed E-state index contributed by atoms with van der Waals surface area (Å²) in [4.78, 5) is 0. The molecular weight excluding hydrogens is 257 g/mol. The lowest BCUT2D eigenvalue weighted by molar-refractivity contribution is 0.573. The second-order valence-electron chi connectivity index (χ2n) is 4.13. The molecule has 0 atom stereocenters. The molecule has 0 aromatic heterocycles. The van der Waals surface area contributed by atoms with Crippen molar-refractivity contribution in [2.45, 2.75) is 25.7 Å². The van der Waals surface area contributed by atoms with Gasteiger partial charge in [-0.2, -0.15) is 0 Å². The van der Waals surface area contributed by atoms with Gasteiger partial charge in [-0.05, 0) is 46.8 Å². The maximum absolute atomic E-state index is 13.4. The van der Waals surface area contributed by atoms with Crippen molar-refractivity contribution in [2.75, 3.05) is 11.9 Å². The summed E-state index contributed by atoms with van der Waals surface area (Å²) in [6, 6.07) is 5.06. The third-order valence-electron chi connectivity index (χ3n) is 3.01. The number of anilines is 1. The standard InChI is InChI=1S/C12H15BrFN/c13-10-6-3-7-11(14)12(10)15-8-9-4-1-2-5-9/h3,6-7,9,15H,1-2,4-5,8H2. The summed E-state index contributed by atoms with van der Waals surface area (Å²) in [5.41, 5.74) is 0.601. The molecule has 1 aliphatic rings. The van der Waals surface area contributed by atoms with Gasteiger partial charge in [-0.1, -0.05) is 18.9 Å². The average Bonchev–Trinajstić information content (AvgIpc) is 2.70. The molecule has 0 bridgehead atoms. The second-order valence-corrected chi connectivity index (χ2v) is 4.98. The van der Waals surface area contributed by atoms with E-state index in [2.05, 4.69) is 21.2 Å². The third kappa shape index (κ3) is 2.71. The second kappa shape index (κ2) is 4.97. The van der Waals surface area contributed by atoms with Gasteiger partial charge < -0.3 is 5.32 Å². The third-order valence-corrected chi connectivity index (χ3v) is 3.67. The Kier molecular flexibility index (Phi) is 3.62. The molecule has 1 fully saturated rings. The molecule has 1 saturated carbocycles. The number of rotatable bonds is 3. The summed E-state index contributed by atoms with van der Waals surface area (Å²) < 4.78 is 14.2. The van der Waals surface area contributed by atoms with Crippen LogP contribution < -0.4 is 5.32 Å². The monoisotopic (exact) mass is 271 g/mol. The van der Waals surface area contributed by atoms with Gasteiger partial charge in [0.25, 0.3) is 0 Å². The molecular formula is C12H15BrFN. The molecule has 1 aromatic carbocycles. The Morgan fingerprint density at radius 1 is 1.33 bits per heavy atom. The zero-order valence-electron chi connectivity index (χ0n) is 8.60. The number of nitrogens with one attached hydrogen (secondary N) is 1. The van der Waals surface area contributed by atoms with E-state index in [0.717, 1.165) is 16.9 Å². The molecule has 15 heavy (non-hydrogen) atoms. The summed E-state index contributed by atoms with van der Waals surface area (Å²) in [6.45, 7) is 0.888. The van der Waals surface area contributed by atoms with E-state index in [1.165, 1.54) is 31.7 Å². The Bertz CT molecular complexity index is 314. The van der Waals surface area contributed by atoms with Crippen molar-refractivity contribution in [2.24, 2.45) is 5.92 Å². The van der Waals surface area contributed by atoms with E-state index in [4.69, 9.17) is 0 Å². The zero-order valence-corrected chi connectivity index (χ0v) is 10.2. The molecule has 0 spiro atoms. The lowest BCUT2D eigenvalue weighted by atomic mass is 10.1. The molecule has 2 rings (SSSR count). The van der Waals surface area contributed by atoms with E-state index in [-0.39, 0.29) is 5.82 Å². The normalized spacial score (nSPS) is 16.9. The molecule has 1 N–H and O–H groups in total. The first-order valence-electron chi connectivity index (χ1n) is 5.45. The van der Waals surface area contributed by atoms with Crippen LogP contribution in [0.15, 0.2) is 22.7 Å². The molecule has 0 radical (unpaired) electrons. The van der Waals surface area contributed by atoms with Crippen LogP contribution in [-0.2, 0) is 0 Å². The Hall–Kier alpha value is -0.570. The largest absolute Gasteiger partial charge is 0.381 e. The summed E-state index contributed by atoms with van der Waals surface area (Å²) in [5, 5.41) is 3.20. The Morgan fingerprint density at radius 2 is 2.07 bits per heavy atom. The molecule has 0 saturated heterocycles. The fourth-order valence-corrected chi connectivity index (χ4v) is 2.61. The van der Waals surface area contributed by atoms with E-state index in [0.29, 0.717) is 5.69 Å². The minimum Gasteiger partial charge on any atom is -0.381 e. The van der Waals surface area contributed by atoms with Crippen molar-refractivity contribution >= 4 is 21.6 Å². The molecule has 1 aliphatic carbocycles. The Labute approximate surface area is 98.2 Å². The molecule has 0 aliphatic heterocycles. The van der Waals surface area contributed by atoms with Crippen LogP contribution in [0.2, 0.25) is 0 Å². The molecule has 0 unspecified atom stereocenters. The Balaban J connectivity index is 1.97. The van der Waals surface area contributed by atoms with Crippen LogP contribution in [0.25, 0.3) is 0 Å². The predicted molar refractivity (Wildman–Crippen MR) is 64.5 cm³/mol. The number of hydrogen-bond donors (Lipinski definition) is 1. The fraction of sp³-hybridized carbons (Fsp3) is 0.500. The van der Waals surface area contributed by atoms with Crippen molar-refractivity contribution in [3.8, 4) is 0 Å². The molecule has 1 nitrogen and oxygen atoms in total. The number of hydrogen-bond acceptors (Lipinski definition) is 1. The van der Waals surface area contributed by atoms with E-state index in [9.17, 15) is 4.39 Å². The molecule has 3 heteroatoms. The Morgan fingerprint density at radius 3 is 2.73 bits per heavy atom. The number of halogens is 2. The first-order valence-corrected chi connectivity index (χ1v) is 6.24. The minimum atomic E-state index is -0.178. The van der Waals surface area contributed by atoms with Gasteiger partial charge in [0, 0.05) is 11.0 Å². The van der Waals surface area contributed by atoms with Crippen LogP contribution in [0.3, 0.4) is 0 Å².